The minimum absolute atomic E-state index is 0.401. The largest absolute Gasteiger partial charge is 0.465 e. The molecule has 0 spiro atoms. The SMILES string of the molecule is COC(=O)c1cnc2c(c1)[nH]c1cc(-c3ccc(-c4c(C)noc4C)cc3)ccc12. The Morgan fingerprint density at radius 3 is 2.40 bits per heavy atom. The number of ether oxygens (including phenoxy) is 1. The number of aryl methyl sites for hydroxylation is 2. The molecule has 0 aliphatic rings. The second-order valence-electron chi connectivity index (χ2n) is 7.27. The van der Waals surface area contributed by atoms with Gasteiger partial charge in [0, 0.05) is 22.7 Å². The van der Waals surface area contributed by atoms with Crippen molar-refractivity contribution in [1.82, 2.24) is 15.1 Å². The van der Waals surface area contributed by atoms with Gasteiger partial charge in [-0.05, 0) is 42.7 Å². The van der Waals surface area contributed by atoms with E-state index in [9.17, 15) is 4.79 Å². The maximum Gasteiger partial charge on any atom is 0.339 e. The van der Waals surface area contributed by atoms with Gasteiger partial charge in [-0.15, -0.1) is 0 Å². The number of methoxy groups -OCH3 is 1. The second kappa shape index (κ2) is 6.84. The third-order valence-corrected chi connectivity index (χ3v) is 5.39. The van der Waals surface area contributed by atoms with Crippen LogP contribution in [0.2, 0.25) is 0 Å². The van der Waals surface area contributed by atoms with E-state index >= 15 is 0 Å². The number of nitrogens with one attached hydrogen (secondary N) is 1. The molecule has 1 N–H and O–H groups in total. The van der Waals surface area contributed by atoms with E-state index in [-0.39, 0.29) is 0 Å². The molecule has 5 aromatic rings. The highest BCUT2D eigenvalue weighted by molar-refractivity contribution is 6.07. The minimum Gasteiger partial charge on any atom is -0.465 e. The van der Waals surface area contributed by atoms with Crippen molar-refractivity contribution in [3.05, 3.63) is 71.7 Å². The molecule has 3 aromatic heterocycles. The van der Waals surface area contributed by atoms with Gasteiger partial charge < -0.3 is 14.2 Å². The van der Waals surface area contributed by atoms with Crippen LogP contribution in [0.25, 0.3) is 44.2 Å². The van der Waals surface area contributed by atoms with Crippen molar-refractivity contribution in [2.75, 3.05) is 7.11 Å². The van der Waals surface area contributed by atoms with Crippen molar-refractivity contribution < 1.29 is 14.1 Å². The van der Waals surface area contributed by atoms with Crippen molar-refractivity contribution in [1.29, 1.82) is 0 Å². The summed E-state index contributed by atoms with van der Waals surface area (Å²) < 4.78 is 10.1. The zero-order valence-corrected chi connectivity index (χ0v) is 16.8. The number of H-pyrrole nitrogens is 1. The number of carbonyl (C=O) groups excluding carboxylic acids is 1. The lowest BCUT2D eigenvalue weighted by Gasteiger charge is -2.05. The second-order valence-corrected chi connectivity index (χ2v) is 7.27. The molecule has 0 radical (unpaired) electrons. The van der Waals surface area contributed by atoms with Gasteiger partial charge in [0.1, 0.15) is 5.76 Å². The van der Waals surface area contributed by atoms with Crippen LogP contribution in [0.5, 0.6) is 0 Å². The van der Waals surface area contributed by atoms with Crippen LogP contribution in [0.4, 0.5) is 0 Å². The standard InChI is InChI=1S/C24H19N3O3/c1-13-22(14(2)30-27-13)16-6-4-15(5-7-16)17-8-9-19-20(10-17)26-21-11-18(24(28)29-3)12-25-23(19)21/h4-12,26H,1-3H3. The number of esters is 1. The van der Waals surface area contributed by atoms with Crippen molar-refractivity contribution in [2.45, 2.75) is 13.8 Å². The van der Waals surface area contributed by atoms with E-state index in [1.165, 1.54) is 7.11 Å². The van der Waals surface area contributed by atoms with Crippen LogP contribution < -0.4 is 0 Å². The van der Waals surface area contributed by atoms with Crippen molar-refractivity contribution in [2.24, 2.45) is 0 Å². The highest BCUT2D eigenvalue weighted by atomic mass is 16.5. The first kappa shape index (κ1) is 18.1. The molecule has 0 bridgehead atoms. The van der Waals surface area contributed by atoms with Crippen LogP contribution in [0.15, 0.2) is 59.3 Å². The Bertz CT molecular complexity index is 1390. The third kappa shape index (κ3) is 2.85. The minimum atomic E-state index is -0.401. The molecular formula is C24H19N3O3. The zero-order chi connectivity index (χ0) is 20.8. The van der Waals surface area contributed by atoms with Gasteiger partial charge in [0.25, 0.3) is 0 Å². The fourth-order valence-corrected chi connectivity index (χ4v) is 3.91. The van der Waals surface area contributed by atoms with E-state index in [2.05, 4.69) is 57.6 Å². The summed E-state index contributed by atoms with van der Waals surface area (Å²) in [7, 11) is 1.36. The quantitative estimate of drug-likeness (QED) is 0.410. The number of aromatic nitrogens is 3. The summed E-state index contributed by atoms with van der Waals surface area (Å²) in [5.41, 5.74) is 8.23. The molecule has 0 fully saturated rings. The molecule has 5 rings (SSSR count). The number of hydrogen-bond acceptors (Lipinski definition) is 5. The Morgan fingerprint density at radius 2 is 1.70 bits per heavy atom. The van der Waals surface area contributed by atoms with Gasteiger partial charge in [-0.3, -0.25) is 4.98 Å². The Balaban J connectivity index is 1.54. The number of benzene rings is 2. The molecule has 2 aromatic carbocycles. The number of aromatic amines is 1. The van der Waals surface area contributed by atoms with Gasteiger partial charge in [-0.25, -0.2) is 4.79 Å². The monoisotopic (exact) mass is 397 g/mol. The van der Waals surface area contributed by atoms with Gasteiger partial charge >= 0.3 is 5.97 Å². The molecule has 30 heavy (non-hydrogen) atoms. The summed E-state index contributed by atoms with van der Waals surface area (Å²) >= 11 is 0. The maximum absolute atomic E-state index is 11.8. The van der Waals surface area contributed by atoms with Gasteiger partial charge in [-0.1, -0.05) is 41.6 Å². The Kier molecular flexibility index (Phi) is 4.13. The summed E-state index contributed by atoms with van der Waals surface area (Å²) in [4.78, 5) is 19.6. The molecule has 0 aliphatic carbocycles. The lowest BCUT2D eigenvalue weighted by molar-refractivity contribution is 0.0600. The number of pyridine rings is 1. The summed E-state index contributed by atoms with van der Waals surface area (Å²) in [6.45, 7) is 3.87. The molecule has 0 aliphatic heterocycles. The molecule has 148 valence electrons. The molecule has 6 heteroatoms. The van der Waals surface area contributed by atoms with Gasteiger partial charge in [0.05, 0.1) is 29.4 Å². The van der Waals surface area contributed by atoms with Gasteiger partial charge in [0.15, 0.2) is 0 Å². The van der Waals surface area contributed by atoms with Crippen LogP contribution in [0.3, 0.4) is 0 Å². The summed E-state index contributed by atoms with van der Waals surface area (Å²) in [5, 5.41) is 5.05. The Labute approximate surface area is 172 Å². The summed E-state index contributed by atoms with van der Waals surface area (Å²) in [6, 6.07) is 16.4. The number of hydrogen-bond donors (Lipinski definition) is 1. The number of carbonyl (C=O) groups is 1. The average molecular weight is 397 g/mol. The maximum atomic E-state index is 11.8. The molecule has 3 heterocycles. The van der Waals surface area contributed by atoms with E-state index in [1.54, 1.807) is 12.3 Å². The molecule has 0 saturated heterocycles. The van der Waals surface area contributed by atoms with Crippen LogP contribution in [0, 0.1) is 13.8 Å². The lowest BCUT2D eigenvalue weighted by atomic mass is 9.99. The highest BCUT2D eigenvalue weighted by Crippen LogP contribution is 2.32. The van der Waals surface area contributed by atoms with Gasteiger partial charge in [-0.2, -0.15) is 0 Å². The Hall–Kier alpha value is -3.93. The number of rotatable bonds is 3. The van der Waals surface area contributed by atoms with Crippen LogP contribution in [0.1, 0.15) is 21.8 Å². The smallest absolute Gasteiger partial charge is 0.339 e. The Morgan fingerprint density at radius 1 is 0.967 bits per heavy atom. The van der Waals surface area contributed by atoms with Crippen molar-refractivity contribution in [3.63, 3.8) is 0 Å². The molecular weight excluding hydrogens is 378 g/mol. The topological polar surface area (TPSA) is 81.0 Å². The van der Waals surface area contributed by atoms with E-state index in [0.717, 1.165) is 55.6 Å². The number of nitrogens with zero attached hydrogens (tertiary/aromatic N) is 2. The van der Waals surface area contributed by atoms with Gasteiger partial charge in [0.2, 0.25) is 0 Å². The first-order chi connectivity index (χ1) is 14.5. The molecule has 0 unspecified atom stereocenters. The highest BCUT2D eigenvalue weighted by Gasteiger charge is 2.13. The van der Waals surface area contributed by atoms with Crippen LogP contribution in [-0.2, 0) is 4.74 Å². The average Bonchev–Trinajstić information content (AvgIpc) is 3.31. The predicted octanol–water partition coefficient (Wildman–Crippen LogP) is 5.44. The third-order valence-electron chi connectivity index (χ3n) is 5.39. The first-order valence-corrected chi connectivity index (χ1v) is 9.58. The van der Waals surface area contributed by atoms with E-state index in [0.29, 0.717) is 5.56 Å². The molecule has 0 saturated carbocycles. The molecule has 0 amide bonds. The van der Waals surface area contributed by atoms with E-state index < -0.39 is 5.97 Å². The van der Waals surface area contributed by atoms with Crippen molar-refractivity contribution in [3.8, 4) is 22.3 Å². The zero-order valence-electron chi connectivity index (χ0n) is 16.8. The fraction of sp³-hybridized carbons (Fsp3) is 0.125. The van der Waals surface area contributed by atoms with Crippen LogP contribution in [-0.4, -0.2) is 28.2 Å². The predicted molar refractivity (Wildman–Crippen MR) is 115 cm³/mol. The first-order valence-electron chi connectivity index (χ1n) is 9.58. The van der Waals surface area contributed by atoms with Crippen LogP contribution >= 0.6 is 0 Å². The number of fused-ring (bicyclic) bond motifs is 3. The lowest BCUT2D eigenvalue weighted by Crippen LogP contribution is -2.01. The summed E-state index contributed by atoms with van der Waals surface area (Å²) in [6.07, 6.45) is 1.54. The fourth-order valence-electron chi connectivity index (χ4n) is 3.91. The van der Waals surface area contributed by atoms with E-state index in [4.69, 9.17) is 9.26 Å². The van der Waals surface area contributed by atoms with E-state index in [1.807, 2.05) is 13.8 Å². The normalized spacial score (nSPS) is 11.3. The molecule has 0 atom stereocenters. The molecule has 6 nitrogen and oxygen atoms in total. The van der Waals surface area contributed by atoms with Crippen molar-refractivity contribution >= 4 is 27.9 Å². The summed E-state index contributed by atoms with van der Waals surface area (Å²) in [5.74, 6) is 0.417.